The summed E-state index contributed by atoms with van der Waals surface area (Å²) in [6.45, 7) is 9.84. The van der Waals surface area contributed by atoms with Crippen LogP contribution in [0.4, 0.5) is 0 Å². The third kappa shape index (κ3) is 7.70. The van der Waals surface area contributed by atoms with Crippen LogP contribution in [0.5, 0.6) is 0 Å². The maximum atomic E-state index is 2.99. The topological polar surface area (TPSA) is 0 Å². The van der Waals surface area contributed by atoms with E-state index in [2.05, 4.69) is 33.8 Å². The summed E-state index contributed by atoms with van der Waals surface area (Å²) in [6.07, 6.45) is 40.8. The molecule has 5 rings (SSSR count). The van der Waals surface area contributed by atoms with Crippen LogP contribution < -0.4 is 0 Å². The summed E-state index contributed by atoms with van der Waals surface area (Å²) >= 11 is 0. The van der Waals surface area contributed by atoms with Gasteiger partial charge in [-0.25, -0.2) is 0 Å². The highest BCUT2D eigenvalue weighted by Crippen LogP contribution is 2.68. The predicted octanol–water partition coefficient (Wildman–Crippen LogP) is 13.3. The first kappa shape index (κ1) is 32.1. The number of fused-ring (bicyclic) bond motifs is 3. The number of rotatable bonds is 13. The van der Waals surface area contributed by atoms with Gasteiger partial charge in [-0.05, 0) is 129 Å². The molecule has 236 valence electrons. The lowest BCUT2D eigenvalue weighted by Gasteiger charge is -2.47. The second-order valence-electron chi connectivity index (χ2n) is 16.8. The fourth-order valence-electron chi connectivity index (χ4n) is 11.9. The van der Waals surface area contributed by atoms with Crippen molar-refractivity contribution in [1.82, 2.24) is 0 Å². The molecule has 0 aromatic carbocycles. The monoisotopic (exact) mass is 565 g/mol. The van der Waals surface area contributed by atoms with Crippen LogP contribution >= 0.6 is 0 Å². The van der Waals surface area contributed by atoms with E-state index in [4.69, 9.17) is 0 Å². The van der Waals surface area contributed by atoms with Gasteiger partial charge in [0.05, 0.1) is 0 Å². The van der Waals surface area contributed by atoms with Crippen LogP contribution in [0.2, 0.25) is 0 Å². The van der Waals surface area contributed by atoms with Crippen LogP contribution in [0.1, 0.15) is 188 Å². The molecule has 5 unspecified atom stereocenters. The molecule has 0 amide bonds. The molecular formula is C41H72. The van der Waals surface area contributed by atoms with Crippen LogP contribution in [0.3, 0.4) is 0 Å². The van der Waals surface area contributed by atoms with Crippen molar-refractivity contribution < 1.29 is 0 Å². The van der Waals surface area contributed by atoms with Gasteiger partial charge in [0.1, 0.15) is 0 Å². The van der Waals surface area contributed by atoms with E-state index in [0.717, 1.165) is 53.3 Å². The van der Waals surface area contributed by atoms with Crippen LogP contribution in [-0.4, -0.2) is 0 Å². The van der Waals surface area contributed by atoms with E-state index in [1.165, 1.54) is 103 Å². The van der Waals surface area contributed by atoms with Crippen molar-refractivity contribution in [2.45, 2.75) is 188 Å². The van der Waals surface area contributed by atoms with E-state index in [1.54, 1.807) is 57.8 Å². The van der Waals surface area contributed by atoms with Gasteiger partial charge >= 0.3 is 0 Å². The van der Waals surface area contributed by atoms with Crippen molar-refractivity contribution in [2.75, 3.05) is 0 Å². The normalized spacial score (nSPS) is 39.3. The number of allylic oxidation sites excluding steroid dienone is 2. The first-order valence-corrected chi connectivity index (χ1v) is 19.8. The molecule has 0 aromatic rings. The Morgan fingerprint density at radius 1 is 0.561 bits per heavy atom. The van der Waals surface area contributed by atoms with Gasteiger partial charge in [-0.15, -0.1) is 0 Å². The molecule has 5 atom stereocenters. The van der Waals surface area contributed by atoms with Crippen molar-refractivity contribution in [2.24, 2.45) is 58.7 Å². The van der Waals surface area contributed by atoms with Gasteiger partial charge in [-0.1, -0.05) is 129 Å². The molecule has 0 heteroatoms. The van der Waals surface area contributed by atoms with Crippen LogP contribution in [0, 0.1) is 58.7 Å². The lowest BCUT2D eigenvalue weighted by atomic mass is 9.58. The Morgan fingerprint density at radius 2 is 1.12 bits per heavy atom. The third-order valence-corrected chi connectivity index (χ3v) is 14.2. The molecule has 0 saturated heterocycles. The van der Waals surface area contributed by atoms with Gasteiger partial charge in [0.25, 0.3) is 0 Å². The van der Waals surface area contributed by atoms with Gasteiger partial charge in [0, 0.05) is 0 Å². The van der Waals surface area contributed by atoms with Crippen molar-refractivity contribution in [3.8, 4) is 0 Å². The van der Waals surface area contributed by atoms with Gasteiger partial charge < -0.3 is 0 Å². The Bertz CT molecular complexity index is 762. The summed E-state index contributed by atoms with van der Waals surface area (Å²) in [5, 5.41) is 0. The maximum Gasteiger partial charge on any atom is -0.0197 e. The molecule has 0 spiro atoms. The third-order valence-electron chi connectivity index (χ3n) is 14.2. The van der Waals surface area contributed by atoms with Crippen LogP contribution in [0.25, 0.3) is 0 Å². The second kappa shape index (κ2) is 15.6. The molecule has 0 heterocycles. The lowest BCUT2D eigenvalue weighted by Crippen LogP contribution is -2.38. The van der Waals surface area contributed by atoms with Crippen LogP contribution in [-0.2, 0) is 0 Å². The number of unbranched alkanes of at least 4 members (excludes halogenated alkanes) is 6. The summed E-state index contributed by atoms with van der Waals surface area (Å²) in [4.78, 5) is 0. The highest BCUT2D eigenvalue weighted by molar-refractivity contribution is 5.18. The van der Waals surface area contributed by atoms with Crippen LogP contribution in [0.15, 0.2) is 11.6 Å². The lowest BCUT2D eigenvalue weighted by molar-refractivity contribution is 0.0420. The zero-order chi connectivity index (χ0) is 28.7. The average Bonchev–Trinajstić information content (AvgIpc) is 3.27. The zero-order valence-electron chi connectivity index (χ0n) is 28.5. The Kier molecular flexibility index (Phi) is 12.3. The molecule has 5 fully saturated rings. The zero-order valence-corrected chi connectivity index (χ0v) is 28.5. The Balaban J connectivity index is 1.41. The molecule has 0 radical (unpaired) electrons. The van der Waals surface area contributed by atoms with E-state index in [9.17, 15) is 0 Å². The first-order valence-electron chi connectivity index (χ1n) is 19.8. The van der Waals surface area contributed by atoms with Crippen molar-refractivity contribution in [1.29, 1.82) is 0 Å². The Morgan fingerprint density at radius 3 is 1.76 bits per heavy atom. The SMILES string of the molecule is CCCCCCC1(CCCCCC)C2CCCCC2C2CCC(/C(=C\C3CCC(C)CC3)C3CCC(C)CC3)CC21. The summed E-state index contributed by atoms with van der Waals surface area (Å²) in [5.41, 5.74) is 2.73. The van der Waals surface area contributed by atoms with Crippen molar-refractivity contribution in [3.05, 3.63) is 11.6 Å². The molecule has 0 aliphatic heterocycles. The van der Waals surface area contributed by atoms with Gasteiger partial charge in [-0.2, -0.15) is 0 Å². The quantitative estimate of drug-likeness (QED) is 0.154. The Hall–Kier alpha value is -0.260. The van der Waals surface area contributed by atoms with E-state index >= 15 is 0 Å². The molecule has 0 aromatic heterocycles. The molecule has 0 N–H and O–H groups in total. The molecule has 41 heavy (non-hydrogen) atoms. The first-order chi connectivity index (χ1) is 20.1. The molecule has 0 bridgehead atoms. The van der Waals surface area contributed by atoms with E-state index in [1.807, 2.05) is 5.57 Å². The highest BCUT2D eigenvalue weighted by atomic mass is 14.6. The van der Waals surface area contributed by atoms with Gasteiger partial charge in [-0.3, -0.25) is 0 Å². The minimum absolute atomic E-state index is 0.697. The van der Waals surface area contributed by atoms with E-state index in [0.29, 0.717) is 5.41 Å². The average molecular weight is 565 g/mol. The fourth-order valence-corrected chi connectivity index (χ4v) is 11.9. The molecule has 0 nitrogen and oxygen atoms in total. The van der Waals surface area contributed by atoms with E-state index in [-0.39, 0.29) is 0 Å². The maximum absolute atomic E-state index is 2.99. The number of hydrogen-bond acceptors (Lipinski definition) is 0. The summed E-state index contributed by atoms with van der Waals surface area (Å²) in [6, 6.07) is 0. The fraction of sp³-hybridized carbons (Fsp3) is 0.951. The minimum Gasteiger partial charge on any atom is -0.0817 e. The summed E-state index contributed by atoms with van der Waals surface area (Å²) in [5.74, 6) is 9.00. The highest BCUT2D eigenvalue weighted by Gasteiger charge is 2.60. The summed E-state index contributed by atoms with van der Waals surface area (Å²) < 4.78 is 0. The largest absolute Gasteiger partial charge is 0.0817 e. The molecule has 5 aliphatic rings. The van der Waals surface area contributed by atoms with Crippen molar-refractivity contribution in [3.63, 3.8) is 0 Å². The molecule has 5 saturated carbocycles. The summed E-state index contributed by atoms with van der Waals surface area (Å²) in [7, 11) is 0. The second-order valence-corrected chi connectivity index (χ2v) is 16.8. The van der Waals surface area contributed by atoms with Gasteiger partial charge in [0.15, 0.2) is 0 Å². The van der Waals surface area contributed by atoms with Gasteiger partial charge in [0.2, 0.25) is 0 Å². The van der Waals surface area contributed by atoms with Crippen molar-refractivity contribution >= 4 is 0 Å². The smallest absolute Gasteiger partial charge is 0.0197 e. The predicted molar refractivity (Wildman–Crippen MR) is 180 cm³/mol. The van der Waals surface area contributed by atoms with E-state index < -0.39 is 0 Å². The molecule has 5 aliphatic carbocycles. The number of hydrogen-bond donors (Lipinski definition) is 0. The Labute approximate surface area is 258 Å². The minimum atomic E-state index is 0.697. The standard InChI is InChI=1S/C41H72/c1-5-7-9-13-27-41(28-14-10-8-6-2)39-16-12-11-15-36(39)37-26-25-35(30-40(37)41)38(34-23-19-32(4)20-24-34)29-33-21-17-31(3)18-22-33/h29,31-37,39-40H,5-28,30H2,1-4H3/b38-29-. The molecular weight excluding hydrogens is 492 g/mol.